The predicted octanol–water partition coefficient (Wildman–Crippen LogP) is 2.21. The first-order chi connectivity index (χ1) is 11.6. The third kappa shape index (κ3) is 4.17. The standard InChI is InChI=1S/C18H27FN4O/c1-14-3-2-6-23(13-14)18(20)21-12-15-4-5-17(16(19)11-15)22-7-9-24-10-8-22/h4-5,11,14H,2-3,6-10,12-13H2,1H3,(H2,20,21). The number of likely N-dealkylation sites (tertiary alicyclic amines) is 1. The lowest BCUT2D eigenvalue weighted by atomic mass is 10.0. The predicted molar refractivity (Wildman–Crippen MR) is 94.7 cm³/mol. The van der Waals surface area contributed by atoms with Crippen LogP contribution in [0.5, 0.6) is 0 Å². The number of piperidine rings is 1. The number of aliphatic imine (C=N–C) groups is 1. The zero-order valence-corrected chi connectivity index (χ0v) is 14.4. The highest BCUT2D eigenvalue weighted by molar-refractivity contribution is 5.78. The van der Waals surface area contributed by atoms with Gasteiger partial charge in [0.25, 0.3) is 0 Å². The Labute approximate surface area is 143 Å². The number of hydrogen-bond acceptors (Lipinski definition) is 3. The molecule has 0 bridgehead atoms. The van der Waals surface area contributed by atoms with E-state index in [-0.39, 0.29) is 5.82 Å². The summed E-state index contributed by atoms with van der Waals surface area (Å²) in [5.41, 5.74) is 7.59. The van der Waals surface area contributed by atoms with Crippen LogP contribution >= 0.6 is 0 Å². The summed E-state index contributed by atoms with van der Waals surface area (Å²) in [5.74, 6) is 1.02. The van der Waals surface area contributed by atoms with E-state index in [1.807, 2.05) is 17.0 Å². The van der Waals surface area contributed by atoms with Gasteiger partial charge in [0.1, 0.15) is 5.82 Å². The minimum atomic E-state index is -0.199. The summed E-state index contributed by atoms with van der Waals surface area (Å²) >= 11 is 0. The van der Waals surface area contributed by atoms with Gasteiger partial charge in [0.15, 0.2) is 5.96 Å². The van der Waals surface area contributed by atoms with E-state index in [4.69, 9.17) is 10.5 Å². The molecule has 132 valence electrons. The van der Waals surface area contributed by atoms with Crippen molar-refractivity contribution in [3.63, 3.8) is 0 Å². The number of anilines is 1. The molecular weight excluding hydrogens is 307 g/mol. The van der Waals surface area contributed by atoms with Crippen molar-refractivity contribution in [1.82, 2.24) is 4.90 Å². The summed E-state index contributed by atoms with van der Waals surface area (Å²) in [5, 5.41) is 0. The summed E-state index contributed by atoms with van der Waals surface area (Å²) < 4.78 is 19.7. The van der Waals surface area contributed by atoms with E-state index >= 15 is 0 Å². The Balaban J connectivity index is 1.62. The number of nitrogens with zero attached hydrogens (tertiary/aromatic N) is 3. The molecular formula is C18H27FN4O. The van der Waals surface area contributed by atoms with Gasteiger partial charge in [-0.05, 0) is 36.5 Å². The van der Waals surface area contributed by atoms with Crippen LogP contribution in [0.2, 0.25) is 0 Å². The first kappa shape index (κ1) is 17.0. The van der Waals surface area contributed by atoms with Crippen molar-refractivity contribution in [3.8, 4) is 0 Å². The third-order valence-corrected chi connectivity index (χ3v) is 4.77. The van der Waals surface area contributed by atoms with Crippen LogP contribution in [0.3, 0.4) is 0 Å². The molecule has 2 aliphatic heterocycles. The minimum absolute atomic E-state index is 0.199. The largest absolute Gasteiger partial charge is 0.378 e. The van der Waals surface area contributed by atoms with Crippen LogP contribution in [-0.4, -0.2) is 50.3 Å². The number of guanidine groups is 1. The van der Waals surface area contributed by atoms with Crippen LogP contribution in [0.4, 0.5) is 10.1 Å². The van der Waals surface area contributed by atoms with Gasteiger partial charge in [-0.2, -0.15) is 0 Å². The number of hydrogen-bond donors (Lipinski definition) is 1. The van der Waals surface area contributed by atoms with Crippen LogP contribution in [0.1, 0.15) is 25.3 Å². The van der Waals surface area contributed by atoms with Crippen LogP contribution < -0.4 is 10.6 Å². The Kier molecular flexibility index (Phi) is 5.56. The summed E-state index contributed by atoms with van der Waals surface area (Å²) in [4.78, 5) is 8.61. The number of morpholine rings is 1. The Morgan fingerprint density at radius 2 is 2.12 bits per heavy atom. The van der Waals surface area contributed by atoms with Crippen molar-refractivity contribution >= 4 is 11.6 Å². The maximum atomic E-state index is 14.4. The molecule has 0 radical (unpaired) electrons. The third-order valence-electron chi connectivity index (χ3n) is 4.77. The van der Waals surface area contributed by atoms with Crippen molar-refractivity contribution in [2.24, 2.45) is 16.6 Å². The van der Waals surface area contributed by atoms with Crippen molar-refractivity contribution in [3.05, 3.63) is 29.6 Å². The first-order valence-corrected chi connectivity index (χ1v) is 8.79. The molecule has 1 atom stereocenters. The van der Waals surface area contributed by atoms with Crippen molar-refractivity contribution in [2.45, 2.75) is 26.3 Å². The molecule has 24 heavy (non-hydrogen) atoms. The fourth-order valence-electron chi connectivity index (χ4n) is 3.38. The van der Waals surface area contributed by atoms with E-state index in [0.29, 0.717) is 37.3 Å². The molecule has 2 fully saturated rings. The SMILES string of the molecule is CC1CCCN(C(N)=NCc2ccc(N3CCOCC3)c(F)c2)C1. The molecule has 2 N–H and O–H groups in total. The van der Waals surface area contributed by atoms with Gasteiger partial charge in [0, 0.05) is 26.2 Å². The molecule has 0 aliphatic carbocycles. The van der Waals surface area contributed by atoms with E-state index in [1.54, 1.807) is 6.07 Å². The first-order valence-electron chi connectivity index (χ1n) is 8.79. The molecule has 3 rings (SSSR count). The Morgan fingerprint density at radius 1 is 1.33 bits per heavy atom. The molecule has 0 saturated carbocycles. The molecule has 1 aromatic rings. The van der Waals surface area contributed by atoms with E-state index in [0.717, 1.165) is 38.2 Å². The van der Waals surface area contributed by atoms with Crippen LogP contribution in [0, 0.1) is 11.7 Å². The Morgan fingerprint density at radius 3 is 2.83 bits per heavy atom. The van der Waals surface area contributed by atoms with Gasteiger partial charge < -0.3 is 20.3 Å². The van der Waals surface area contributed by atoms with Gasteiger partial charge in [0.05, 0.1) is 25.4 Å². The number of nitrogens with two attached hydrogens (primary N) is 1. The van der Waals surface area contributed by atoms with Crippen molar-refractivity contribution < 1.29 is 9.13 Å². The molecule has 2 saturated heterocycles. The average molecular weight is 334 g/mol. The topological polar surface area (TPSA) is 54.1 Å². The van der Waals surface area contributed by atoms with Crippen LogP contribution in [-0.2, 0) is 11.3 Å². The molecule has 6 heteroatoms. The van der Waals surface area contributed by atoms with Gasteiger partial charge in [-0.3, -0.25) is 0 Å². The second kappa shape index (κ2) is 7.83. The highest BCUT2D eigenvalue weighted by Gasteiger charge is 2.18. The monoisotopic (exact) mass is 334 g/mol. The van der Waals surface area contributed by atoms with E-state index in [9.17, 15) is 4.39 Å². The normalized spacial score (nSPS) is 22.8. The molecule has 0 aromatic heterocycles. The second-order valence-corrected chi connectivity index (χ2v) is 6.75. The molecule has 5 nitrogen and oxygen atoms in total. The second-order valence-electron chi connectivity index (χ2n) is 6.75. The quantitative estimate of drug-likeness (QED) is 0.680. The highest BCUT2D eigenvalue weighted by Crippen LogP contribution is 2.22. The number of ether oxygens (including phenoxy) is 1. The molecule has 2 aliphatic rings. The maximum absolute atomic E-state index is 14.4. The Hall–Kier alpha value is -1.82. The smallest absolute Gasteiger partial charge is 0.191 e. The minimum Gasteiger partial charge on any atom is -0.378 e. The molecule has 1 aromatic carbocycles. The van der Waals surface area contributed by atoms with E-state index < -0.39 is 0 Å². The molecule has 1 unspecified atom stereocenters. The highest BCUT2D eigenvalue weighted by atomic mass is 19.1. The van der Waals surface area contributed by atoms with Gasteiger partial charge >= 0.3 is 0 Å². The lowest BCUT2D eigenvalue weighted by Gasteiger charge is -2.31. The lowest BCUT2D eigenvalue weighted by Crippen LogP contribution is -2.43. The summed E-state index contributed by atoms with van der Waals surface area (Å²) in [7, 11) is 0. The molecule has 2 heterocycles. The van der Waals surface area contributed by atoms with E-state index in [2.05, 4.69) is 16.8 Å². The zero-order valence-electron chi connectivity index (χ0n) is 14.4. The zero-order chi connectivity index (χ0) is 16.9. The fourth-order valence-corrected chi connectivity index (χ4v) is 3.38. The summed E-state index contributed by atoms with van der Waals surface area (Å²) in [6, 6.07) is 5.34. The number of halogens is 1. The van der Waals surface area contributed by atoms with Crippen LogP contribution in [0.15, 0.2) is 23.2 Å². The number of rotatable bonds is 3. The Bertz CT molecular complexity index is 586. The van der Waals surface area contributed by atoms with Crippen LogP contribution in [0.25, 0.3) is 0 Å². The average Bonchev–Trinajstić information content (AvgIpc) is 2.60. The summed E-state index contributed by atoms with van der Waals surface area (Å²) in [6.07, 6.45) is 2.40. The van der Waals surface area contributed by atoms with Gasteiger partial charge in [0.2, 0.25) is 0 Å². The summed E-state index contributed by atoms with van der Waals surface area (Å²) in [6.45, 7) is 7.33. The van der Waals surface area contributed by atoms with Gasteiger partial charge in [-0.25, -0.2) is 9.38 Å². The van der Waals surface area contributed by atoms with Crippen molar-refractivity contribution in [2.75, 3.05) is 44.3 Å². The fraction of sp³-hybridized carbons (Fsp3) is 0.611. The van der Waals surface area contributed by atoms with Crippen molar-refractivity contribution in [1.29, 1.82) is 0 Å². The number of benzene rings is 1. The molecule has 0 amide bonds. The van der Waals surface area contributed by atoms with Gasteiger partial charge in [-0.1, -0.05) is 13.0 Å². The van der Waals surface area contributed by atoms with Gasteiger partial charge in [-0.15, -0.1) is 0 Å². The maximum Gasteiger partial charge on any atom is 0.191 e. The molecule has 0 spiro atoms. The van der Waals surface area contributed by atoms with E-state index in [1.165, 1.54) is 6.42 Å². The lowest BCUT2D eigenvalue weighted by molar-refractivity contribution is 0.122.